The molecule has 12 nitrogen and oxygen atoms in total. The number of ether oxygens (including phenoxy) is 3. The standard InChI is InChI=1S/C55H65N3O9S2/c1-5-36-10-11-37-8-6-7-9-43(37)44(36)25-45-38(12-14-46(61)52(45)65-4)23-40(20-34-17-19-57-29-34)47(62)26-50(63)55(41-21-35(28-56-3)22-42(60)24-41)18-16-49-51-39(27-55)13-15-48(67-33-59)53(51)66-32-58-30-54(2,64)31-68-69-49/h6-15,17,19,21-22,24,29,40,47,49,56-62,64H,5,16,18,20,23,25-28,30-33H2,1-4H3/t40-,47+,49+,54-,55+/m0/s1. The fourth-order valence-electron chi connectivity index (χ4n) is 10.5. The molecule has 8 rings (SSSR count). The predicted octanol–water partition coefficient (Wildman–Crippen LogP) is 8.60. The number of methoxy groups -OCH3 is 1. The molecule has 8 N–H and O–H groups in total. The van der Waals surface area contributed by atoms with Gasteiger partial charge in [0.05, 0.1) is 24.2 Å². The Morgan fingerprint density at radius 1 is 1.00 bits per heavy atom. The summed E-state index contributed by atoms with van der Waals surface area (Å²) in [5, 5.41) is 64.9. The Morgan fingerprint density at radius 3 is 2.59 bits per heavy atom. The molecule has 1 aliphatic carbocycles. The molecular weight excluding hydrogens is 911 g/mol. The van der Waals surface area contributed by atoms with Gasteiger partial charge in [0.15, 0.2) is 29.8 Å². The van der Waals surface area contributed by atoms with E-state index in [1.165, 1.54) is 5.56 Å². The third-order valence-electron chi connectivity index (χ3n) is 13.9. The van der Waals surface area contributed by atoms with E-state index in [9.17, 15) is 25.5 Å². The van der Waals surface area contributed by atoms with E-state index in [-0.39, 0.29) is 42.1 Å². The van der Waals surface area contributed by atoms with Crippen molar-refractivity contribution in [2.45, 2.75) is 94.1 Å². The summed E-state index contributed by atoms with van der Waals surface area (Å²) < 4.78 is 18.1. The Kier molecular flexibility index (Phi) is 16.2. The van der Waals surface area contributed by atoms with E-state index in [4.69, 9.17) is 14.2 Å². The van der Waals surface area contributed by atoms with Crippen LogP contribution in [-0.2, 0) is 48.9 Å². The van der Waals surface area contributed by atoms with Gasteiger partial charge in [0, 0.05) is 60.5 Å². The molecule has 0 saturated heterocycles. The van der Waals surface area contributed by atoms with Gasteiger partial charge in [-0.15, -0.1) is 0 Å². The second kappa shape index (κ2) is 22.3. The third-order valence-corrected chi connectivity index (χ3v) is 17.0. The first-order valence-electron chi connectivity index (χ1n) is 23.8. The van der Waals surface area contributed by atoms with E-state index in [1.54, 1.807) is 59.9 Å². The number of nitrogens with one attached hydrogen (secondary N) is 3. The van der Waals surface area contributed by atoms with Crippen molar-refractivity contribution in [2.75, 3.05) is 40.0 Å². The number of hydrogen-bond donors (Lipinski definition) is 8. The van der Waals surface area contributed by atoms with Crippen molar-refractivity contribution >= 4 is 38.1 Å². The predicted molar refractivity (Wildman–Crippen MR) is 275 cm³/mol. The number of aliphatic hydroxyl groups excluding tert-OH is 2. The number of fused-ring (bicyclic) bond motifs is 1. The van der Waals surface area contributed by atoms with E-state index in [2.05, 4.69) is 46.8 Å². The minimum Gasteiger partial charge on any atom is -0.508 e. The van der Waals surface area contributed by atoms with Crippen LogP contribution in [0, 0.1) is 5.92 Å². The summed E-state index contributed by atoms with van der Waals surface area (Å²) in [5.74, 6) is 1.12. The second-order valence-electron chi connectivity index (χ2n) is 18.8. The second-order valence-corrected chi connectivity index (χ2v) is 21.4. The third kappa shape index (κ3) is 11.2. The number of rotatable bonds is 17. The number of aryl methyl sites for hydroxylation is 1. The van der Waals surface area contributed by atoms with Gasteiger partial charge in [-0.2, -0.15) is 0 Å². The fourth-order valence-corrected chi connectivity index (χ4v) is 13.7. The number of H-pyrrole nitrogens is 1. The highest BCUT2D eigenvalue weighted by Crippen LogP contribution is 2.55. The van der Waals surface area contributed by atoms with E-state index in [1.807, 2.05) is 55.8 Å². The summed E-state index contributed by atoms with van der Waals surface area (Å²) in [6.45, 7) is 4.20. The minimum atomic E-state index is -1.20. The average Bonchev–Trinajstić information content (AvgIpc) is 3.78. The van der Waals surface area contributed by atoms with E-state index >= 15 is 4.79 Å². The van der Waals surface area contributed by atoms with Crippen molar-refractivity contribution in [3.05, 3.63) is 147 Å². The molecule has 1 aromatic heterocycles. The number of aromatic nitrogens is 1. The van der Waals surface area contributed by atoms with Gasteiger partial charge < -0.3 is 50.0 Å². The highest BCUT2D eigenvalue weighted by Gasteiger charge is 2.46. The van der Waals surface area contributed by atoms with Crippen LogP contribution in [0.15, 0.2) is 97.3 Å². The lowest BCUT2D eigenvalue weighted by atomic mass is 9.68. The van der Waals surface area contributed by atoms with Crippen molar-refractivity contribution in [2.24, 2.45) is 5.92 Å². The van der Waals surface area contributed by atoms with E-state index in [0.717, 1.165) is 56.1 Å². The number of benzene rings is 5. The van der Waals surface area contributed by atoms with Crippen LogP contribution in [-0.4, -0.2) is 88.0 Å². The highest BCUT2D eigenvalue weighted by atomic mass is 33.1. The number of carbonyl (C=O) groups is 1. The van der Waals surface area contributed by atoms with Crippen molar-refractivity contribution in [3.8, 4) is 28.7 Å². The molecule has 0 unspecified atom stereocenters. The van der Waals surface area contributed by atoms with Crippen LogP contribution in [0.4, 0.5) is 0 Å². The van der Waals surface area contributed by atoms with Crippen molar-refractivity contribution in [1.29, 1.82) is 0 Å². The number of hydrogen-bond acceptors (Lipinski definition) is 13. The Labute approximate surface area is 412 Å². The molecule has 69 heavy (non-hydrogen) atoms. The van der Waals surface area contributed by atoms with Crippen LogP contribution >= 0.6 is 21.6 Å². The maximum absolute atomic E-state index is 15.9. The quantitative estimate of drug-likeness (QED) is 0.0321. The van der Waals surface area contributed by atoms with Gasteiger partial charge in [-0.25, -0.2) is 0 Å². The fraction of sp³-hybridized carbons (Fsp3) is 0.400. The molecule has 0 amide bonds. The molecule has 2 heterocycles. The monoisotopic (exact) mass is 975 g/mol. The highest BCUT2D eigenvalue weighted by molar-refractivity contribution is 8.76. The number of β-amino-alcohol motifs (C(OH)–C–C–N with tert-alkyl or cyclic N) is 1. The zero-order chi connectivity index (χ0) is 48.7. The first-order valence-corrected chi connectivity index (χ1v) is 26.2. The number of phenols is 2. The largest absolute Gasteiger partial charge is 0.508 e. The number of phenolic OH excluding ortho intramolecular Hbond substituents is 2. The first kappa shape index (κ1) is 50.2. The summed E-state index contributed by atoms with van der Waals surface area (Å²) in [5.41, 5.74) is 6.01. The molecule has 0 bridgehead atoms. The lowest BCUT2D eigenvalue weighted by Crippen LogP contribution is -2.41. The van der Waals surface area contributed by atoms with Crippen LogP contribution in [0.3, 0.4) is 0 Å². The summed E-state index contributed by atoms with van der Waals surface area (Å²) in [6, 6.07) is 27.3. The SMILES string of the molecule is CCc1ccc2ccccc2c1Cc1c(C[C@H](Cc2cc[nH]c2)[C@H](O)CC(=O)[C@]2(c3cc(O)cc(CNC)c3)CC[C@H]3SSC[C@@](C)(O)CNCOc4c(OCO)ccc(c43)C2)ccc(O)c1OC. The molecule has 0 spiro atoms. The van der Waals surface area contributed by atoms with Crippen LogP contribution in [0.2, 0.25) is 0 Å². The molecular formula is C55H65N3O9S2. The number of aromatic hydroxyl groups is 2. The Hall–Kier alpha value is -5.19. The first-order chi connectivity index (χ1) is 33.4. The van der Waals surface area contributed by atoms with Gasteiger partial charge in [-0.05, 0) is 138 Å². The number of carbonyl (C=O) groups excluding carboxylic acids is 1. The molecule has 5 atom stereocenters. The Balaban J connectivity index is 1.21. The van der Waals surface area contributed by atoms with Gasteiger partial charge in [0.25, 0.3) is 0 Å². The normalized spacial score (nSPS) is 20.5. The summed E-state index contributed by atoms with van der Waals surface area (Å²) in [4.78, 5) is 19.0. The van der Waals surface area contributed by atoms with Gasteiger partial charge in [0.1, 0.15) is 18.3 Å². The van der Waals surface area contributed by atoms with Crippen LogP contribution in [0.1, 0.15) is 88.4 Å². The van der Waals surface area contributed by atoms with Crippen LogP contribution in [0.25, 0.3) is 10.8 Å². The summed E-state index contributed by atoms with van der Waals surface area (Å²) >= 11 is 0. The van der Waals surface area contributed by atoms with Gasteiger partial charge in [-0.1, -0.05) is 83.1 Å². The lowest BCUT2D eigenvalue weighted by Gasteiger charge is -2.35. The zero-order valence-corrected chi connectivity index (χ0v) is 41.5. The maximum atomic E-state index is 15.9. The summed E-state index contributed by atoms with van der Waals surface area (Å²) in [6.07, 6.45) is 5.77. The average molecular weight is 976 g/mol. The molecule has 5 aromatic carbocycles. The number of aliphatic hydroxyl groups is 3. The molecule has 366 valence electrons. The van der Waals surface area contributed by atoms with Crippen LogP contribution in [0.5, 0.6) is 28.7 Å². The van der Waals surface area contributed by atoms with Gasteiger partial charge in [0.2, 0.25) is 0 Å². The van der Waals surface area contributed by atoms with E-state index in [0.29, 0.717) is 73.8 Å². The zero-order valence-electron chi connectivity index (χ0n) is 39.8. The minimum absolute atomic E-state index is 0.0315. The summed E-state index contributed by atoms with van der Waals surface area (Å²) in [7, 11) is 6.57. The number of aromatic amines is 1. The van der Waals surface area contributed by atoms with Crippen molar-refractivity contribution in [1.82, 2.24) is 15.6 Å². The molecule has 0 saturated carbocycles. The maximum Gasteiger partial charge on any atom is 0.186 e. The lowest BCUT2D eigenvalue weighted by molar-refractivity contribution is -0.127. The molecule has 0 fully saturated rings. The molecule has 0 radical (unpaired) electrons. The molecule has 1 aliphatic heterocycles. The van der Waals surface area contributed by atoms with Crippen molar-refractivity contribution < 1.29 is 44.5 Å². The van der Waals surface area contributed by atoms with Crippen LogP contribution < -0.4 is 24.8 Å². The topological polar surface area (TPSA) is 186 Å². The molecule has 14 heteroatoms. The number of Topliss-reactive ketones (excluding diaryl/α,β-unsaturated/α-hetero) is 1. The smallest absolute Gasteiger partial charge is 0.186 e. The Bertz CT molecular complexity index is 2730. The number of ketones is 1. The van der Waals surface area contributed by atoms with E-state index < -0.39 is 29.8 Å². The molecule has 2 aliphatic rings. The van der Waals surface area contributed by atoms with Crippen molar-refractivity contribution in [3.63, 3.8) is 0 Å². The Morgan fingerprint density at radius 2 is 1.83 bits per heavy atom. The van der Waals surface area contributed by atoms with Gasteiger partial charge >= 0.3 is 0 Å². The van der Waals surface area contributed by atoms with Gasteiger partial charge in [-0.3, -0.25) is 10.1 Å². The molecule has 6 aromatic rings.